The first-order valence-electron chi connectivity index (χ1n) is 7.35. The van der Waals surface area contributed by atoms with Crippen LogP contribution in [-0.2, 0) is 9.53 Å². The zero-order valence-electron chi connectivity index (χ0n) is 12.4. The fourth-order valence-electron chi connectivity index (χ4n) is 3.61. The van der Waals surface area contributed by atoms with E-state index in [-0.39, 0.29) is 11.8 Å². The molecule has 1 N–H and O–H groups in total. The summed E-state index contributed by atoms with van der Waals surface area (Å²) in [4.78, 5) is 14.6. The van der Waals surface area contributed by atoms with Crippen molar-refractivity contribution in [2.24, 2.45) is 11.3 Å². The Morgan fingerprint density at radius 2 is 2.41 bits per heavy atom. The number of hydrogen-bond donors (Lipinski definition) is 1. The Bertz CT molecular complexity index is 643. The van der Waals surface area contributed by atoms with Gasteiger partial charge in [-0.25, -0.2) is 0 Å². The molecule has 5 nitrogen and oxygen atoms in total. The molecule has 2 heterocycles. The Kier molecular flexibility index (Phi) is 3.98. The minimum absolute atomic E-state index is 0.0591. The van der Waals surface area contributed by atoms with E-state index >= 15 is 0 Å². The number of nitrogens with zero attached hydrogens (tertiary/aromatic N) is 2. The number of carbonyl (C=O) groups is 1. The van der Waals surface area contributed by atoms with E-state index in [2.05, 4.69) is 16.3 Å². The molecule has 6 heteroatoms. The summed E-state index contributed by atoms with van der Waals surface area (Å²) in [5.41, 5.74) is 0.936. The molecule has 1 amide bonds. The summed E-state index contributed by atoms with van der Waals surface area (Å²) in [6.45, 7) is 2.46. The standard InChI is InChI=1S/C16H18ClN3O2/c1-19-15(21)16-4-5-22-9-12(16)8-20(10-16)14-6-13(17)3-2-11(14)7-18/h2-3,6,12H,4-5,8-10H2,1H3,(H,19,21)/t12-,16+/m1/s1. The van der Waals surface area contributed by atoms with Gasteiger partial charge in [0.25, 0.3) is 0 Å². The van der Waals surface area contributed by atoms with Gasteiger partial charge in [-0.1, -0.05) is 11.6 Å². The molecule has 0 spiro atoms. The third-order valence-corrected chi connectivity index (χ3v) is 5.04. The highest BCUT2D eigenvalue weighted by Crippen LogP contribution is 2.44. The minimum atomic E-state index is -0.442. The highest BCUT2D eigenvalue weighted by molar-refractivity contribution is 6.30. The number of hydrogen-bond acceptors (Lipinski definition) is 4. The van der Waals surface area contributed by atoms with Crippen LogP contribution in [0, 0.1) is 22.7 Å². The Morgan fingerprint density at radius 1 is 1.59 bits per heavy atom. The van der Waals surface area contributed by atoms with Crippen LogP contribution >= 0.6 is 11.6 Å². The van der Waals surface area contributed by atoms with Gasteiger partial charge in [0, 0.05) is 37.7 Å². The van der Waals surface area contributed by atoms with E-state index in [1.165, 1.54) is 0 Å². The molecule has 2 atom stereocenters. The van der Waals surface area contributed by atoms with E-state index in [4.69, 9.17) is 16.3 Å². The molecule has 2 saturated heterocycles. The van der Waals surface area contributed by atoms with Gasteiger partial charge in [-0.15, -0.1) is 0 Å². The molecule has 116 valence electrons. The van der Waals surface area contributed by atoms with E-state index in [1.807, 2.05) is 0 Å². The Morgan fingerprint density at radius 3 is 3.14 bits per heavy atom. The van der Waals surface area contributed by atoms with Crippen LogP contribution in [0.3, 0.4) is 0 Å². The lowest BCUT2D eigenvalue weighted by molar-refractivity contribution is -0.138. The van der Waals surface area contributed by atoms with Gasteiger partial charge < -0.3 is 15.0 Å². The van der Waals surface area contributed by atoms with Gasteiger partial charge in [-0.3, -0.25) is 4.79 Å². The molecule has 0 aromatic heterocycles. The molecule has 0 bridgehead atoms. The third-order valence-electron chi connectivity index (χ3n) is 4.81. The molecule has 1 aromatic carbocycles. The molecule has 0 aliphatic carbocycles. The summed E-state index contributed by atoms with van der Waals surface area (Å²) < 4.78 is 5.57. The van der Waals surface area contributed by atoms with E-state index in [0.29, 0.717) is 43.3 Å². The maximum absolute atomic E-state index is 12.5. The number of halogens is 1. The smallest absolute Gasteiger partial charge is 0.228 e. The second-order valence-corrected chi connectivity index (χ2v) is 6.35. The van der Waals surface area contributed by atoms with Gasteiger partial charge in [0.05, 0.1) is 23.3 Å². The van der Waals surface area contributed by atoms with Crippen LogP contribution in [-0.4, -0.2) is 39.3 Å². The van der Waals surface area contributed by atoms with Gasteiger partial charge >= 0.3 is 0 Å². The van der Waals surface area contributed by atoms with Crippen LogP contribution in [0.2, 0.25) is 5.02 Å². The molecule has 3 rings (SSSR count). The van der Waals surface area contributed by atoms with Gasteiger partial charge in [0.15, 0.2) is 0 Å². The number of nitrogens with one attached hydrogen (secondary N) is 1. The predicted molar refractivity (Wildman–Crippen MR) is 83.8 cm³/mol. The fraction of sp³-hybridized carbons (Fsp3) is 0.500. The predicted octanol–water partition coefficient (Wildman–Crippen LogP) is 1.80. The van der Waals surface area contributed by atoms with Crippen molar-refractivity contribution >= 4 is 23.2 Å². The molecule has 1 aromatic rings. The van der Waals surface area contributed by atoms with Crippen molar-refractivity contribution in [2.75, 3.05) is 38.3 Å². The lowest BCUT2D eigenvalue weighted by Gasteiger charge is -2.36. The molecule has 2 aliphatic rings. The number of ether oxygens (including phenoxy) is 1. The molecule has 22 heavy (non-hydrogen) atoms. The van der Waals surface area contributed by atoms with Crippen molar-refractivity contribution in [3.05, 3.63) is 28.8 Å². The lowest BCUT2D eigenvalue weighted by Crippen LogP contribution is -2.49. The monoisotopic (exact) mass is 319 g/mol. The molecular weight excluding hydrogens is 302 g/mol. The quantitative estimate of drug-likeness (QED) is 0.902. The average molecular weight is 320 g/mol. The van der Waals surface area contributed by atoms with Crippen LogP contribution in [0.5, 0.6) is 0 Å². The van der Waals surface area contributed by atoms with Crippen molar-refractivity contribution in [3.63, 3.8) is 0 Å². The summed E-state index contributed by atoms with van der Waals surface area (Å²) in [6, 6.07) is 7.44. The normalized spacial score (nSPS) is 27.1. The van der Waals surface area contributed by atoms with Gasteiger partial charge in [0.2, 0.25) is 5.91 Å². The highest BCUT2D eigenvalue weighted by Gasteiger charge is 2.53. The van der Waals surface area contributed by atoms with Crippen molar-refractivity contribution < 1.29 is 9.53 Å². The van der Waals surface area contributed by atoms with Crippen LogP contribution in [0.25, 0.3) is 0 Å². The molecule has 0 unspecified atom stereocenters. The van der Waals surface area contributed by atoms with Crippen molar-refractivity contribution in [2.45, 2.75) is 6.42 Å². The second-order valence-electron chi connectivity index (χ2n) is 5.91. The number of nitriles is 1. The molecular formula is C16H18ClN3O2. The fourth-order valence-corrected chi connectivity index (χ4v) is 3.78. The SMILES string of the molecule is CNC(=O)[C@]12CCOC[C@H]1CN(c1cc(Cl)ccc1C#N)C2. The lowest BCUT2D eigenvalue weighted by atomic mass is 9.73. The third kappa shape index (κ3) is 2.33. The van der Waals surface area contributed by atoms with Crippen LogP contribution < -0.4 is 10.2 Å². The number of benzene rings is 1. The summed E-state index contributed by atoms with van der Waals surface area (Å²) in [5, 5.41) is 12.7. The number of anilines is 1. The van der Waals surface area contributed by atoms with E-state index < -0.39 is 5.41 Å². The van der Waals surface area contributed by atoms with E-state index in [9.17, 15) is 10.1 Å². The zero-order valence-corrected chi connectivity index (χ0v) is 13.2. The first kappa shape index (κ1) is 15.1. The van der Waals surface area contributed by atoms with Crippen molar-refractivity contribution in [1.29, 1.82) is 5.26 Å². The molecule has 2 fully saturated rings. The highest BCUT2D eigenvalue weighted by atomic mass is 35.5. The largest absolute Gasteiger partial charge is 0.381 e. The second kappa shape index (κ2) is 5.79. The van der Waals surface area contributed by atoms with Gasteiger partial charge in [-0.2, -0.15) is 5.26 Å². The van der Waals surface area contributed by atoms with Gasteiger partial charge in [0.1, 0.15) is 6.07 Å². The minimum Gasteiger partial charge on any atom is -0.381 e. The van der Waals surface area contributed by atoms with Crippen LogP contribution in [0.15, 0.2) is 18.2 Å². The number of amides is 1. The molecule has 2 aliphatic heterocycles. The summed E-state index contributed by atoms with van der Waals surface area (Å²) in [6.07, 6.45) is 0.705. The summed E-state index contributed by atoms with van der Waals surface area (Å²) in [5.74, 6) is 0.190. The van der Waals surface area contributed by atoms with Gasteiger partial charge in [-0.05, 0) is 24.6 Å². The Labute approximate surface area is 134 Å². The maximum atomic E-state index is 12.5. The summed E-state index contributed by atoms with van der Waals surface area (Å²) >= 11 is 6.09. The Hall–Kier alpha value is -1.77. The number of fused-ring (bicyclic) bond motifs is 1. The number of rotatable bonds is 2. The first-order chi connectivity index (χ1) is 10.6. The number of carbonyl (C=O) groups excluding carboxylic acids is 1. The van der Waals surface area contributed by atoms with Crippen LogP contribution in [0.1, 0.15) is 12.0 Å². The molecule has 0 radical (unpaired) electrons. The first-order valence-corrected chi connectivity index (χ1v) is 7.73. The van der Waals surface area contributed by atoms with E-state index in [0.717, 1.165) is 5.69 Å². The average Bonchev–Trinajstić information content (AvgIpc) is 2.94. The summed E-state index contributed by atoms with van der Waals surface area (Å²) in [7, 11) is 1.67. The van der Waals surface area contributed by atoms with Crippen molar-refractivity contribution in [3.8, 4) is 6.07 Å². The zero-order chi connectivity index (χ0) is 15.7. The van der Waals surface area contributed by atoms with Crippen LogP contribution in [0.4, 0.5) is 5.69 Å². The maximum Gasteiger partial charge on any atom is 0.228 e. The topological polar surface area (TPSA) is 65.4 Å². The Balaban J connectivity index is 1.97. The molecule has 0 saturated carbocycles. The van der Waals surface area contributed by atoms with E-state index in [1.54, 1.807) is 25.2 Å². The van der Waals surface area contributed by atoms with Crippen molar-refractivity contribution in [1.82, 2.24) is 5.32 Å².